The average molecular weight is 244 g/mol. The third-order valence-corrected chi connectivity index (χ3v) is 3.40. The van der Waals surface area contributed by atoms with Crippen LogP contribution < -0.4 is 5.46 Å². The third kappa shape index (κ3) is 2.32. The van der Waals surface area contributed by atoms with Crippen LogP contribution in [-0.4, -0.2) is 26.9 Å². The van der Waals surface area contributed by atoms with E-state index in [9.17, 15) is 10.0 Å². The van der Waals surface area contributed by atoms with Gasteiger partial charge in [-0.2, -0.15) is 5.10 Å². The van der Waals surface area contributed by atoms with Gasteiger partial charge in [-0.25, -0.2) is 0 Å². The first-order chi connectivity index (χ1) is 8.50. The van der Waals surface area contributed by atoms with Gasteiger partial charge in [0.05, 0.1) is 12.2 Å². The summed E-state index contributed by atoms with van der Waals surface area (Å²) < 4.78 is 1.89. The van der Waals surface area contributed by atoms with Crippen molar-refractivity contribution in [3.8, 4) is 0 Å². The number of hydrogen-bond acceptors (Lipinski definition) is 3. The Morgan fingerprint density at radius 2 is 1.83 bits per heavy atom. The lowest BCUT2D eigenvalue weighted by Crippen LogP contribution is -2.33. The summed E-state index contributed by atoms with van der Waals surface area (Å²) in [5.74, 6) is 0. The van der Waals surface area contributed by atoms with Gasteiger partial charge in [0.2, 0.25) is 0 Å². The Morgan fingerprint density at radius 3 is 2.39 bits per heavy atom. The summed E-state index contributed by atoms with van der Waals surface area (Å²) in [4.78, 5) is 0. The Bertz CT molecular complexity index is 564. The highest BCUT2D eigenvalue weighted by Gasteiger charge is 2.16. The van der Waals surface area contributed by atoms with E-state index < -0.39 is 7.12 Å². The van der Waals surface area contributed by atoms with Gasteiger partial charge in [0, 0.05) is 5.69 Å². The zero-order chi connectivity index (χ0) is 13.3. The Kier molecular flexibility index (Phi) is 3.54. The van der Waals surface area contributed by atoms with Crippen LogP contribution in [0.5, 0.6) is 0 Å². The molecule has 1 aromatic heterocycles. The molecule has 0 aliphatic carbocycles. The highest BCUT2D eigenvalue weighted by atomic mass is 16.4. The van der Waals surface area contributed by atoms with Crippen molar-refractivity contribution in [3.63, 3.8) is 0 Å². The number of aryl methyl sites for hydroxylation is 1. The fourth-order valence-corrected chi connectivity index (χ4v) is 2.03. The topological polar surface area (TPSA) is 58.3 Å². The van der Waals surface area contributed by atoms with Crippen LogP contribution in [0, 0.1) is 20.8 Å². The molecule has 0 amide bonds. The van der Waals surface area contributed by atoms with Crippen molar-refractivity contribution in [2.45, 2.75) is 27.3 Å². The fraction of sp³-hybridized carbons (Fsp3) is 0.308. The Labute approximate surface area is 107 Å². The molecule has 5 heteroatoms. The molecule has 0 saturated carbocycles. The molecule has 0 saturated heterocycles. The van der Waals surface area contributed by atoms with E-state index in [4.69, 9.17) is 0 Å². The fourth-order valence-electron chi connectivity index (χ4n) is 2.03. The lowest BCUT2D eigenvalue weighted by atomic mass is 9.77. The molecule has 0 aliphatic heterocycles. The maximum absolute atomic E-state index is 9.34. The lowest BCUT2D eigenvalue weighted by molar-refractivity contribution is 0.425. The van der Waals surface area contributed by atoms with Gasteiger partial charge in [0.1, 0.15) is 0 Å². The summed E-state index contributed by atoms with van der Waals surface area (Å²) in [6, 6.07) is 7.30. The highest BCUT2D eigenvalue weighted by molar-refractivity contribution is 6.59. The predicted octanol–water partition coefficient (Wildman–Crippen LogP) is 0.536. The largest absolute Gasteiger partial charge is 0.488 e. The van der Waals surface area contributed by atoms with E-state index in [1.165, 1.54) is 5.56 Å². The normalized spacial score (nSPS) is 10.7. The summed E-state index contributed by atoms with van der Waals surface area (Å²) >= 11 is 0. The Balaban J connectivity index is 2.37. The van der Waals surface area contributed by atoms with Crippen LogP contribution in [0.3, 0.4) is 0 Å². The summed E-state index contributed by atoms with van der Waals surface area (Å²) in [5.41, 5.74) is 4.70. The summed E-state index contributed by atoms with van der Waals surface area (Å²) in [7, 11) is -1.45. The van der Waals surface area contributed by atoms with Crippen molar-refractivity contribution in [2.75, 3.05) is 0 Å². The molecule has 0 atom stereocenters. The monoisotopic (exact) mass is 244 g/mol. The van der Waals surface area contributed by atoms with Gasteiger partial charge >= 0.3 is 7.12 Å². The molecule has 4 nitrogen and oxygen atoms in total. The smallest absolute Gasteiger partial charge is 0.423 e. The Morgan fingerprint density at radius 1 is 1.17 bits per heavy atom. The summed E-state index contributed by atoms with van der Waals surface area (Å²) in [6.45, 7) is 6.59. The molecule has 18 heavy (non-hydrogen) atoms. The summed E-state index contributed by atoms with van der Waals surface area (Å²) in [5, 5.41) is 23.1. The minimum atomic E-state index is -1.45. The second kappa shape index (κ2) is 4.96. The van der Waals surface area contributed by atoms with Crippen molar-refractivity contribution in [3.05, 3.63) is 46.8 Å². The Hall–Kier alpha value is -1.59. The number of hydrogen-bond donors (Lipinski definition) is 2. The molecule has 2 N–H and O–H groups in total. The van der Waals surface area contributed by atoms with Crippen LogP contribution in [0.2, 0.25) is 0 Å². The summed E-state index contributed by atoms with van der Waals surface area (Å²) in [6.07, 6.45) is 0. The van der Waals surface area contributed by atoms with Gasteiger partial charge in [-0.05, 0) is 37.4 Å². The zero-order valence-corrected chi connectivity index (χ0v) is 10.9. The van der Waals surface area contributed by atoms with E-state index in [0.717, 1.165) is 17.0 Å². The van der Waals surface area contributed by atoms with Crippen LogP contribution in [0.4, 0.5) is 0 Å². The van der Waals surface area contributed by atoms with E-state index in [1.54, 1.807) is 12.1 Å². The van der Waals surface area contributed by atoms with E-state index in [-0.39, 0.29) is 0 Å². The minimum absolute atomic E-state index is 0.530. The van der Waals surface area contributed by atoms with Gasteiger partial charge in [-0.1, -0.05) is 24.3 Å². The first-order valence-corrected chi connectivity index (χ1v) is 5.95. The van der Waals surface area contributed by atoms with Crippen molar-refractivity contribution in [1.29, 1.82) is 0 Å². The molecule has 0 aliphatic rings. The average Bonchev–Trinajstić information content (AvgIpc) is 2.57. The lowest BCUT2D eigenvalue weighted by Gasteiger charge is -2.10. The molecule has 1 aromatic carbocycles. The number of benzene rings is 1. The van der Waals surface area contributed by atoms with E-state index in [2.05, 4.69) is 5.10 Å². The van der Waals surface area contributed by atoms with Crippen LogP contribution in [-0.2, 0) is 6.54 Å². The molecule has 94 valence electrons. The highest BCUT2D eigenvalue weighted by Crippen LogP contribution is 2.12. The van der Waals surface area contributed by atoms with E-state index >= 15 is 0 Å². The quantitative estimate of drug-likeness (QED) is 0.774. The molecule has 0 fully saturated rings. The number of aromatic nitrogens is 2. The maximum atomic E-state index is 9.34. The van der Waals surface area contributed by atoms with Gasteiger partial charge in [-0.15, -0.1) is 0 Å². The van der Waals surface area contributed by atoms with Crippen LogP contribution in [0.15, 0.2) is 24.3 Å². The van der Waals surface area contributed by atoms with Gasteiger partial charge in [0.25, 0.3) is 0 Å². The molecule has 0 radical (unpaired) electrons. The molecular weight excluding hydrogens is 227 g/mol. The minimum Gasteiger partial charge on any atom is -0.423 e. The number of rotatable bonds is 3. The zero-order valence-electron chi connectivity index (χ0n) is 10.9. The molecule has 2 rings (SSSR count). The second-order valence-electron chi connectivity index (χ2n) is 4.53. The van der Waals surface area contributed by atoms with E-state index in [1.807, 2.05) is 37.6 Å². The van der Waals surface area contributed by atoms with Crippen LogP contribution in [0.1, 0.15) is 22.5 Å². The second-order valence-corrected chi connectivity index (χ2v) is 4.53. The molecule has 0 spiro atoms. The standard InChI is InChI=1S/C13H17BN2O2/c1-9-10(2)15-16(11(9)3)8-12-6-4-5-7-13(12)14(17)18/h4-7,17-18H,8H2,1-3H3. The van der Waals surface area contributed by atoms with Crippen molar-refractivity contribution in [1.82, 2.24) is 9.78 Å². The predicted molar refractivity (Wildman–Crippen MR) is 71.8 cm³/mol. The maximum Gasteiger partial charge on any atom is 0.488 e. The van der Waals surface area contributed by atoms with Gasteiger partial charge < -0.3 is 10.0 Å². The van der Waals surface area contributed by atoms with Gasteiger partial charge in [-0.3, -0.25) is 4.68 Å². The SMILES string of the molecule is Cc1nn(Cc2ccccc2B(O)O)c(C)c1C. The molecule has 0 unspecified atom stereocenters. The third-order valence-electron chi connectivity index (χ3n) is 3.40. The first kappa shape index (κ1) is 12.9. The first-order valence-electron chi connectivity index (χ1n) is 5.95. The van der Waals surface area contributed by atoms with E-state index in [0.29, 0.717) is 12.0 Å². The van der Waals surface area contributed by atoms with Crippen molar-refractivity contribution < 1.29 is 10.0 Å². The molecule has 1 heterocycles. The van der Waals surface area contributed by atoms with Crippen LogP contribution in [0.25, 0.3) is 0 Å². The molecule has 2 aromatic rings. The van der Waals surface area contributed by atoms with Crippen molar-refractivity contribution in [2.24, 2.45) is 0 Å². The van der Waals surface area contributed by atoms with Crippen LogP contribution >= 0.6 is 0 Å². The van der Waals surface area contributed by atoms with Gasteiger partial charge in [0.15, 0.2) is 0 Å². The van der Waals surface area contributed by atoms with Crippen molar-refractivity contribution >= 4 is 12.6 Å². The molecular formula is C13H17BN2O2. The molecule has 0 bridgehead atoms. The number of nitrogens with zero attached hydrogens (tertiary/aromatic N) is 2.